The van der Waals surface area contributed by atoms with Crippen LogP contribution in [0.25, 0.3) is 4.85 Å². The van der Waals surface area contributed by atoms with E-state index in [-0.39, 0.29) is 18.7 Å². The van der Waals surface area contributed by atoms with E-state index >= 15 is 0 Å². The molecule has 100 valence electrons. The topological polar surface area (TPSA) is 45.9 Å². The van der Waals surface area contributed by atoms with Crippen molar-refractivity contribution in [1.82, 2.24) is 10.2 Å². The molecule has 1 aromatic rings. The number of hydrogen-bond donors (Lipinski definition) is 1. The first-order valence-corrected chi connectivity index (χ1v) is 6.32. The number of carbonyl (C=O) groups excluding carboxylic acids is 1. The standard InChI is InChI=1S/C14H17N3O2/c1-15-9-13-10-16-7-8-17(13)14(18)19-11-12-5-3-2-4-6-12/h2-6,13,16H,7-11H2. The molecule has 0 spiro atoms. The molecule has 0 bridgehead atoms. The quantitative estimate of drug-likeness (QED) is 0.837. The zero-order chi connectivity index (χ0) is 13.5. The lowest BCUT2D eigenvalue weighted by Crippen LogP contribution is -2.54. The molecule has 1 aromatic carbocycles. The van der Waals surface area contributed by atoms with Crippen LogP contribution in [0, 0.1) is 6.57 Å². The molecule has 1 fully saturated rings. The summed E-state index contributed by atoms with van der Waals surface area (Å²) in [4.78, 5) is 17.1. The highest BCUT2D eigenvalue weighted by Crippen LogP contribution is 2.09. The zero-order valence-corrected chi connectivity index (χ0v) is 10.7. The fourth-order valence-electron chi connectivity index (χ4n) is 2.07. The SMILES string of the molecule is [C-]#[N+]CC1CNCCN1C(=O)OCc1ccccc1. The van der Waals surface area contributed by atoms with Gasteiger partial charge >= 0.3 is 6.09 Å². The molecule has 1 aliphatic heterocycles. The molecule has 1 saturated heterocycles. The molecule has 1 heterocycles. The molecular weight excluding hydrogens is 242 g/mol. The lowest BCUT2D eigenvalue weighted by Gasteiger charge is -2.32. The van der Waals surface area contributed by atoms with Crippen LogP contribution in [-0.2, 0) is 11.3 Å². The van der Waals surface area contributed by atoms with Gasteiger partial charge in [-0.15, -0.1) is 0 Å². The highest BCUT2D eigenvalue weighted by Gasteiger charge is 2.29. The van der Waals surface area contributed by atoms with E-state index < -0.39 is 0 Å². The Bertz CT molecular complexity index is 456. The average molecular weight is 259 g/mol. The summed E-state index contributed by atoms with van der Waals surface area (Å²) < 4.78 is 5.30. The summed E-state index contributed by atoms with van der Waals surface area (Å²) in [5, 5.41) is 3.19. The molecule has 1 unspecified atom stereocenters. The molecule has 5 heteroatoms. The van der Waals surface area contributed by atoms with Gasteiger partial charge < -0.3 is 14.9 Å². The minimum absolute atomic E-state index is 0.0884. The van der Waals surface area contributed by atoms with Gasteiger partial charge in [0.25, 0.3) is 0 Å². The molecule has 0 saturated carbocycles. The van der Waals surface area contributed by atoms with Gasteiger partial charge in [0, 0.05) is 19.6 Å². The second-order valence-electron chi connectivity index (χ2n) is 4.43. The van der Waals surface area contributed by atoms with E-state index in [1.54, 1.807) is 4.90 Å². The van der Waals surface area contributed by atoms with Crippen LogP contribution in [0.2, 0.25) is 0 Å². The van der Waals surface area contributed by atoms with Crippen LogP contribution in [-0.4, -0.2) is 43.2 Å². The maximum atomic E-state index is 12.0. The Hall–Kier alpha value is -2.06. The van der Waals surface area contributed by atoms with Crippen LogP contribution in [0.4, 0.5) is 4.79 Å². The van der Waals surface area contributed by atoms with Crippen LogP contribution >= 0.6 is 0 Å². The maximum absolute atomic E-state index is 12.0. The average Bonchev–Trinajstić information content (AvgIpc) is 2.47. The number of nitrogens with one attached hydrogen (secondary N) is 1. The normalized spacial score (nSPS) is 18.7. The summed E-state index contributed by atoms with van der Waals surface area (Å²) in [6.45, 7) is 9.50. The molecule has 1 atom stereocenters. The Morgan fingerprint density at radius 1 is 1.47 bits per heavy atom. The van der Waals surface area contributed by atoms with Crippen molar-refractivity contribution >= 4 is 6.09 Å². The Morgan fingerprint density at radius 3 is 3.00 bits per heavy atom. The molecule has 0 aromatic heterocycles. The van der Waals surface area contributed by atoms with E-state index in [1.807, 2.05) is 30.3 Å². The molecule has 1 aliphatic rings. The zero-order valence-electron chi connectivity index (χ0n) is 10.7. The predicted molar refractivity (Wildman–Crippen MR) is 71.5 cm³/mol. The molecule has 0 aliphatic carbocycles. The fourth-order valence-corrected chi connectivity index (χ4v) is 2.07. The maximum Gasteiger partial charge on any atom is 0.410 e. The number of benzene rings is 1. The van der Waals surface area contributed by atoms with Crippen molar-refractivity contribution in [3.8, 4) is 0 Å². The number of ether oxygens (including phenoxy) is 1. The third-order valence-electron chi connectivity index (χ3n) is 3.09. The number of amides is 1. The van der Waals surface area contributed by atoms with E-state index in [0.717, 1.165) is 12.1 Å². The lowest BCUT2D eigenvalue weighted by atomic mass is 10.2. The summed E-state index contributed by atoms with van der Waals surface area (Å²) >= 11 is 0. The fraction of sp³-hybridized carbons (Fsp3) is 0.429. The van der Waals surface area contributed by atoms with Crippen LogP contribution in [0.1, 0.15) is 5.56 Å². The Balaban J connectivity index is 1.89. The van der Waals surface area contributed by atoms with Crippen LogP contribution < -0.4 is 5.32 Å². The monoisotopic (exact) mass is 259 g/mol. The third kappa shape index (κ3) is 3.70. The highest BCUT2D eigenvalue weighted by atomic mass is 16.6. The van der Waals surface area contributed by atoms with Crippen LogP contribution in [0.3, 0.4) is 0 Å². The number of nitrogens with zero attached hydrogens (tertiary/aromatic N) is 2. The minimum Gasteiger partial charge on any atom is -0.445 e. The molecule has 1 amide bonds. The number of rotatable bonds is 3. The summed E-state index contributed by atoms with van der Waals surface area (Å²) in [6.07, 6.45) is -0.334. The van der Waals surface area contributed by atoms with Crippen molar-refractivity contribution in [1.29, 1.82) is 0 Å². The van der Waals surface area contributed by atoms with E-state index in [1.165, 1.54) is 0 Å². The van der Waals surface area contributed by atoms with Crippen molar-refractivity contribution < 1.29 is 9.53 Å². The first-order chi connectivity index (χ1) is 9.31. The number of hydrogen-bond acceptors (Lipinski definition) is 3. The third-order valence-corrected chi connectivity index (χ3v) is 3.09. The van der Waals surface area contributed by atoms with Crippen molar-refractivity contribution in [2.45, 2.75) is 12.6 Å². The van der Waals surface area contributed by atoms with Crippen LogP contribution in [0.5, 0.6) is 0 Å². The van der Waals surface area contributed by atoms with Gasteiger partial charge in [0.05, 0.1) is 0 Å². The molecular formula is C14H17N3O2. The highest BCUT2D eigenvalue weighted by molar-refractivity contribution is 5.68. The van der Waals surface area contributed by atoms with Gasteiger partial charge in [0.15, 0.2) is 0 Å². The molecule has 1 N–H and O–H groups in total. The van der Waals surface area contributed by atoms with Gasteiger partial charge in [-0.1, -0.05) is 30.3 Å². The van der Waals surface area contributed by atoms with E-state index in [9.17, 15) is 4.79 Å². The van der Waals surface area contributed by atoms with Gasteiger partial charge in [-0.2, -0.15) is 0 Å². The minimum atomic E-state index is -0.334. The molecule has 5 nitrogen and oxygen atoms in total. The Labute approximate surface area is 113 Å². The van der Waals surface area contributed by atoms with Crippen molar-refractivity contribution in [2.75, 3.05) is 26.2 Å². The van der Waals surface area contributed by atoms with Crippen LogP contribution in [0.15, 0.2) is 30.3 Å². The molecule has 0 radical (unpaired) electrons. The molecule has 19 heavy (non-hydrogen) atoms. The lowest BCUT2D eigenvalue weighted by molar-refractivity contribution is 0.0753. The van der Waals surface area contributed by atoms with Crippen molar-refractivity contribution in [2.24, 2.45) is 0 Å². The first kappa shape index (κ1) is 13.4. The van der Waals surface area contributed by atoms with Gasteiger partial charge in [0.2, 0.25) is 6.54 Å². The summed E-state index contributed by atoms with van der Waals surface area (Å²) in [7, 11) is 0. The van der Waals surface area contributed by atoms with Gasteiger partial charge in [-0.05, 0) is 5.56 Å². The van der Waals surface area contributed by atoms with E-state index in [0.29, 0.717) is 19.6 Å². The Kier molecular flexibility index (Phi) is 4.76. The summed E-state index contributed by atoms with van der Waals surface area (Å²) in [5.41, 5.74) is 0.965. The summed E-state index contributed by atoms with van der Waals surface area (Å²) in [5.74, 6) is 0. The second kappa shape index (κ2) is 6.76. The van der Waals surface area contributed by atoms with Gasteiger partial charge in [-0.25, -0.2) is 11.4 Å². The summed E-state index contributed by atoms with van der Waals surface area (Å²) in [6, 6.07) is 9.50. The first-order valence-electron chi connectivity index (χ1n) is 6.32. The largest absolute Gasteiger partial charge is 0.445 e. The van der Waals surface area contributed by atoms with E-state index in [2.05, 4.69) is 10.2 Å². The van der Waals surface area contributed by atoms with E-state index in [4.69, 9.17) is 11.3 Å². The second-order valence-corrected chi connectivity index (χ2v) is 4.43. The van der Waals surface area contributed by atoms with Crippen molar-refractivity contribution in [3.63, 3.8) is 0 Å². The van der Waals surface area contributed by atoms with Gasteiger partial charge in [-0.3, -0.25) is 4.90 Å². The van der Waals surface area contributed by atoms with Crippen molar-refractivity contribution in [3.05, 3.63) is 47.3 Å². The molecule has 2 rings (SSSR count). The number of piperazine rings is 1. The number of carbonyl (C=O) groups is 1. The van der Waals surface area contributed by atoms with Gasteiger partial charge in [0.1, 0.15) is 12.6 Å². The smallest absolute Gasteiger partial charge is 0.410 e. The Morgan fingerprint density at radius 2 is 2.26 bits per heavy atom. The predicted octanol–water partition coefficient (Wildman–Crippen LogP) is 1.52.